The highest BCUT2D eigenvalue weighted by molar-refractivity contribution is 5.73. The van der Waals surface area contributed by atoms with Crippen LogP contribution in [0.3, 0.4) is 0 Å². The van der Waals surface area contributed by atoms with Crippen molar-refractivity contribution in [3.63, 3.8) is 0 Å². The summed E-state index contributed by atoms with van der Waals surface area (Å²) in [6.07, 6.45) is 7.16. The van der Waals surface area contributed by atoms with Gasteiger partial charge in [0.25, 0.3) is 0 Å². The third-order valence-electron chi connectivity index (χ3n) is 6.87. The summed E-state index contributed by atoms with van der Waals surface area (Å²) < 4.78 is 17.6. The molecule has 1 aromatic carbocycles. The molecule has 0 radical (unpaired) electrons. The van der Waals surface area contributed by atoms with Gasteiger partial charge in [-0.25, -0.2) is 0 Å². The quantitative estimate of drug-likeness (QED) is 0.444. The standard InChI is InChI=1S/C23H25NO5/c1-4-10-24-11-9-23-16-6-8-19(28-14(3)26)22(23)29-21-18(27-13(2)25)7-5-15(20(21)23)12-17(16)24/h4-8,16-17,19,22H,1,9-12H2,2-3H3/t16-,17+,19-,22-,23-/m0/s1. The smallest absolute Gasteiger partial charge is 0.308 e. The molecule has 152 valence electrons. The van der Waals surface area contributed by atoms with Crippen LogP contribution in [0.5, 0.6) is 11.5 Å². The van der Waals surface area contributed by atoms with Gasteiger partial charge in [0.05, 0.1) is 0 Å². The van der Waals surface area contributed by atoms with Crippen molar-refractivity contribution in [3.05, 3.63) is 48.1 Å². The van der Waals surface area contributed by atoms with Gasteiger partial charge in [0.15, 0.2) is 17.6 Å². The zero-order valence-corrected chi connectivity index (χ0v) is 16.7. The highest BCUT2D eigenvalue weighted by Gasteiger charge is 2.65. The fourth-order valence-corrected chi connectivity index (χ4v) is 6.02. The second-order valence-corrected chi connectivity index (χ2v) is 8.39. The Morgan fingerprint density at radius 3 is 2.86 bits per heavy atom. The first kappa shape index (κ1) is 18.4. The molecule has 5 rings (SSSR count). The average Bonchev–Trinajstić information content (AvgIpc) is 3.01. The molecule has 0 saturated carbocycles. The number of piperidine rings is 1. The molecule has 0 N–H and O–H groups in total. The van der Waals surface area contributed by atoms with E-state index in [0.29, 0.717) is 17.5 Å². The summed E-state index contributed by atoms with van der Waals surface area (Å²) in [5.74, 6) is 0.634. The van der Waals surface area contributed by atoms with Gasteiger partial charge in [0.1, 0.15) is 6.10 Å². The number of esters is 2. The van der Waals surface area contributed by atoms with E-state index < -0.39 is 6.10 Å². The number of benzene rings is 1. The number of carbonyl (C=O) groups excluding carboxylic acids is 2. The molecule has 1 spiro atoms. The lowest BCUT2D eigenvalue weighted by Crippen LogP contribution is -2.65. The topological polar surface area (TPSA) is 65.1 Å². The molecule has 2 heterocycles. The van der Waals surface area contributed by atoms with Crippen molar-refractivity contribution in [1.29, 1.82) is 0 Å². The lowest BCUT2D eigenvalue weighted by Gasteiger charge is -2.57. The summed E-state index contributed by atoms with van der Waals surface area (Å²) in [7, 11) is 0. The first-order valence-electron chi connectivity index (χ1n) is 10.2. The summed E-state index contributed by atoms with van der Waals surface area (Å²) in [6, 6.07) is 4.22. The minimum Gasteiger partial charge on any atom is -0.481 e. The highest BCUT2D eigenvalue weighted by atomic mass is 16.6. The number of rotatable bonds is 4. The summed E-state index contributed by atoms with van der Waals surface area (Å²) >= 11 is 0. The first-order chi connectivity index (χ1) is 14.0. The van der Waals surface area contributed by atoms with E-state index in [9.17, 15) is 9.59 Å². The summed E-state index contributed by atoms with van der Waals surface area (Å²) in [6.45, 7) is 8.51. The second-order valence-electron chi connectivity index (χ2n) is 8.39. The molecule has 1 fully saturated rings. The van der Waals surface area contributed by atoms with Crippen molar-refractivity contribution in [2.45, 2.75) is 50.4 Å². The molecule has 4 aliphatic rings. The maximum atomic E-state index is 11.8. The van der Waals surface area contributed by atoms with E-state index in [1.165, 1.54) is 19.4 Å². The number of hydrogen-bond acceptors (Lipinski definition) is 6. The predicted molar refractivity (Wildman–Crippen MR) is 106 cm³/mol. The van der Waals surface area contributed by atoms with E-state index in [1.54, 1.807) is 0 Å². The maximum absolute atomic E-state index is 11.8. The average molecular weight is 395 g/mol. The van der Waals surface area contributed by atoms with Crippen LogP contribution in [0.25, 0.3) is 0 Å². The number of likely N-dealkylation sites (tertiary alicyclic amines) is 1. The molecule has 5 atom stereocenters. The largest absolute Gasteiger partial charge is 0.481 e. The third kappa shape index (κ3) is 2.51. The molecule has 2 aliphatic heterocycles. The Balaban J connectivity index is 1.69. The molecule has 2 aliphatic carbocycles. The zero-order chi connectivity index (χ0) is 20.3. The van der Waals surface area contributed by atoms with Gasteiger partial charge in [-0.05, 0) is 37.1 Å². The van der Waals surface area contributed by atoms with Gasteiger partial charge < -0.3 is 14.2 Å². The SMILES string of the molecule is C=CCN1CC[C@]23c4c5ccc(OC(C)=O)c4O[C@H]2[C@@H](OC(C)=O)C=C[C@H]3[C@H]1C5. The van der Waals surface area contributed by atoms with Crippen LogP contribution in [0.4, 0.5) is 0 Å². The lowest BCUT2D eigenvalue weighted by atomic mass is 9.53. The molecular formula is C23H25NO5. The number of nitrogens with zero attached hydrogens (tertiary/aromatic N) is 1. The Morgan fingerprint density at radius 2 is 2.14 bits per heavy atom. The Bertz CT molecular complexity index is 937. The minimum atomic E-state index is -0.459. The first-order valence-corrected chi connectivity index (χ1v) is 10.2. The van der Waals surface area contributed by atoms with Crippen LogP contribution in [0.1, 0.15) is 31.4 Å². The monoisotopic (exact) mass is 395 g/mol. The summed E-state index contributed by atoms with van der Waals surface area (Å²) in [5.41, 5.74) is 2.09. The molecule has 29 heavy (non-hydrogen) atoms. The predicted octanol–water partition coefficient (Wildman–Crippen LogP) is 2.54. The molecule has 2 bridgehead atoms. The molecule has 6 heteroatoms. The van der Waals surface area contributed by atoms with E-state index in [1.807, 2.05) is 18.2 Å². The molecule has 6 nitrogen and oxygen atoms in total. The Kier molecular flexibility index (Phi) is 4.10. The number of carbonyl (C=O) groups is 2. The van der Waals surface area contributed by atoms with Crippen molar-refractivity contribution in [1.82, 2.24) is 4.90 Å². The molecule has 0 unspecified atom stereocenters. The van der Waals surface area contributed by atoms with Crippen LogP contribution in [-0.2, 0) is 26.2 Å². The summed E-state index contributed by atoms with van der Waals surface area (Å²) in [5, 5.41) is 0. The number of ether oxygens (including phenoxy) is 3. The van der Waals surface area contributed by atoms with Crippen molar-refractivity contribution < 1.29 is 23.8 Å². The Hall–Kier alpha value is -2.60. The second kappa shape index (κ2) is 6.46. The lowest BCUT2D eigenvalue weighted by molar-refractivity contribution is -0.152. The van der Waals surface area contributed by atoms with Crippen LogP contribution >= 0.6 is 0 Å². The molecule has 0 amide bonds. The van der Waals surface area contributed by atoms with E-state index in [4.69, 9.17) is 14.2 Å². The van der Waals surface area contributed by atoms with Crippen LogP contribution in [0.15, 0.2) is 36.9 Å². The van der Waals surface area contributed by atoms with Crippen LogP contribution in [-0.4, -0.2) is 48.2 Å². The maximum Gasteiger partial charge on any atom is 0.308 e. The molecular weight excluding hydrogens is 370 g/mol. The third-order valence-corrected chi connectivity index (χ3v) is 6.87. The van der Waals surface area contributed by atoms with Crippen molar-refractivity contribution in [3.8, 4) is 11.5 Å². The minimum absolute atomic E-state index is 0.245. The zero-order valence-electron chi connectivity index (χ0n) is 16.7. The van der Waals surface area contributed by atoms with Gasteiger partial charge in [-0.15, -0.1) is 6.58 Å². The van der Waals surface area contributed by atoms with E-state index in [2.05, 4.69) is 23.6 Å². The molecule has 1 aromatic rings. The van der Waals surface area contributed by atoms with Gasteiger partial charge >= 0.3 is 11.9 Å². The van der Waals surface area contributed by atoms with Crippen LogP contribution in [0.2, 0.25) is 0 Å². The van der Waals surface area contributed by atoms with Crippen molar-refractivity contribution in [2.24, 2.45) is 5.92 Å². The highest BCUT2D eigenvalue weighted by Crippen LogP contribution is 2.62. The van der Waals surface area contributed by atoms with Gasteiger partial charge in [-0.3, -0.25) is 14.5 Å². The van der Waals surface area contributed by atoms with Gasteiger partial charge in [0, 0.05) is 43.3 Å². The fraction of sp³-hybridized carbons (Fsp3) is 0.478. The number of hydrogen-bond donors (Lipinski definition) is 0. The van der Waals surface area contributed by atoms with Crippen LogP contribution < -0.4 is 9.47 Å². The van der Waals surface area contributed by atoms with E-state index >= 15 is 0 Å². The van der Waals surface area contributed by atoms with Gasteiger partial charge in [-0.1, -0.05) is 18.2 Å². The van der Waals surface area contributed by atoms with Crippen molar-refractivity contribution >= 4 is 11.9 Å². The molecule has 1 saturated heterocycles. The van der Waals surface area contributed by atoms with Crippen LogP contribution in [0, 0.1) is 5.92 Å². The van der Waals surface area contributed by atoms with E-state index in [-0.39, 0.29) is 29.4 Å². The molecule has 0 aromatic heterocycles. The Morgan fingerprint density at radius 1 is 1.31 bits per heavy atom. The van der Waals surface area contributed by atoms with E-state index in [0.717, 1.165) is 31.5 Å². The van der Waals surface area contributed by atoms with Gasteiger partial charge in [-0.2, -0.15) is 0 Å². The summed E-state index contributed by atoms with van der Waals surface area (Å²) in [4.78, 5) is 25.9. The van der Waals surface area contributed by atoms with Crippen molar-refractivity contribution in [2.75, 3.05) is 13.1 Å². The fourth-order valence-electron chi connectivity index (χ4n) is 6.02. The Labute approximate surface area is 170 Å². The normalized spacial score (nSPS) is 33.4. The van der Waals surface area contributed by atoms with Gasteiger partial charge in [0.2, 0.25) is 0 Å².